The molecule has 4 saturated carbocycles. The Labute approximate surface area is 359 Å². The number of nitrogens with one attached hydrogen (secondary N) is 2. The predicted octanol–water partition coefficient (Wildman–Crippen LogP) is 8.84. The molecule has 2 N–H and O–H groups in total. The Bertz CT molecular complexity index is 1070. The minimum atomic E-state index is -0.718. The molecular weight excluding hydrogens is 724 g/mol. The number of piperazine rings is 2. The summed E-state index contributed by atoms with van der Waals surface area (Å²) in [5, 5.41) is 6.69. The van der Waals surface area contributed by atoms with E-state index in [-0.39, 0.29) is 5.60 Å². The molecule has 8 aliphatic rings. The first-order valence-electron chi connectivity index (χ1n) is 24.4. The first-order chi connectivity index (χ1) is 27.2. The number of fused-ring (bicyclic) bond motifs is 1. The van der Waals surface area contributed by atoms with Gasteiger partial charge in [0.05, 0.1) is 11.7 Å². The number of halogens is 1. The van der Waals surface area contributed by atoms with Crippen molar-refractivity contribution in [3.05, 3.63) is 0 Å². The zero-order chi connectivity index (χ0) is 43.0. The first kappa shape index (κ1) is 51.5. The quantitative estimate of drug-likeness (QED) is 0.266. The molecule has 0 aromatic rings. The number of nitrogens with zero attached hydrogens (tertiary/aromatic N) is 4. The Hall–Kier alpha value is -0.840. The fourth-order valence-corrected chi connectivity index (χ4v) is 8.80. The van der Waals surface area contributed by atoms with Gasteiger partial charge in [0.25, 0.3) is 0 Å². The van der Waals surface area contributed by atoms with Gasteiger partial charge >= 0.3 is 0 Å². The van der Waals surface area contributed by atoms with E-state index >= 15 is 0 Å². The van der Waals surface area contributed by atoms with Gasteiger partial charge in [0.2, 0.25) is 5.91 Å². The number of amides is 1. The summed E-state index contributed by atoms with van der Waals surface area (Å²) < 4.78 is 18.7. The lowest BCUT2D eigenvalue weighted by atomic mass is 9.80. The van der Waals surface area contributed by atoms with Crippen LogP contribution in [0.5, 0.6) is 0 Å². The topological polar surface area (TPSA) is 63.3 Å². The van der Waals surface area contributed by atoms with Crippen molar-refractivity contribution in [1.82, 2.24) is 30.2 Å². The zero-order valence-electron chi connectivity index (χ0n) is 40.5. The van der Waals surface area contributed by atoms with Crippen LogP contribution in [0.1, 0.15) is 148 Å². The molecule has 0 aromatic heterocycles. The second-order valence-corrected chi connectivity index (χ2v) is 22.5. The molecule has 4 heterocycles. The van der Waals surface area contributed by atoms with Crippen LogP contribution in [-0.2, 0) is 9.53 Å². The van der Waals surface area contributed by atoms with Gasteiger partial charge in [-0.05, 0) is 142 Å². The van der Waals surface area contributed by atoms with E-state index < -0.39 is 6.17 Å². The van der Waals surface area contributed by atoms with Crippen molar-refractivity contribution in [2.45, 2.75) is 171 Å². The minimum Gasteiger partial charge on any atom is -0.373 e. The summed E-state index contributed by atoms with van der Waals surface area (Å²) in [5.41, 5.74) is 0.311. The highest BCUT2D eigenvalue weighted by atomic mass is 19.1. The van der Waals surface area contributed by atoms with Gasteiger partial charge in [-0.3, -0.25) is 9.69 Å². The Morgan fingerprint density at radius 1 is 0.672 bits per heavy atom. The van der Waals surface area contributed by atoms with E-state index in [1.807, 2.05) is 4.90 Å². The molecule has 8 nitrogen and oxygen atoms in total. The van der Waals surface area contributed by atoms with E-state index in [1.54, 1.807) is 19.8 Å². The molecule has 0 spiro atoms. The highest BCUT2D eigenvalue weighted by molar-refractivity contribution is 5.81. The summed E-state index contributed by atoms with van der Waals surface area (Å²) >= 11 is 0. The number of carbonyl (C=O) groups excluding carboxylic acids is 1. The van der Waals surface area contributed by atoms with Crippen LogP contribution in [0.2, 0.25) is 0 Å². The standard InChI is InChI=1S/C12H24FNO.C12H24N2.C9H15N.C8H14N2O.2C4H10/c1-10(13)9-14-7-5-11(6-8-14)15-12(2,3)4;1-12(2,3)14-8-6-13(7-9-14)10-11-4-5-11;1-2-6(3-1)9-7-4-10-5-8(7)9;11-8(7-1-2-7)10-5-3-9-4-6-10;2*1-4(2)3/h10-11H,5-9H2,1-4H3;11H,4-10H2,1-3H3;6-10H,1-5H2;7,9H,1-6H2;2*4H,1-3H3. The number of rotatable bonds is 7. The molecule has 4 aliphatic carbocycles. The van der Waals surface area contributed by atoms with Gasteiger partial charge in [-0.2, -0.15) is 0 Å². The Morgan fingerprint density at radius 3 is 1.59 bits per heavy atom. The van der Waals surface area contributed by atoms with Gasteiger partial charge in [-0.25, -0.2) is 4.39 Å². The van der Waals surface area contributed by atoms with Crippen molar-refractivity contribution < 1.29 is 13.9 Å². The number of hydrogen-bond acceptors (Lipinski definition) is 7. The molecule has 4 aliphatic heterocycles. The van der Waals surface area contributed by atoms with Crippen LogP contribution in [0.3, 0.4) is 0 Å². The maximum absolute atomic E-state index is 12.8. The van der Waals surface area contributed by atoms with Crippen molar-refractivity contribution in [2.75, 3.05) is 91.6 Å². The highest BCUT2D eigenvalue weighted by Crippen LogP contribution is 2.57. The van der Waals surface area contributed by atoms with Crippen LogP contribution < -0.4 is 10.6 Å². The van der Waals surface area contributed by atoms with E-state index in [0.29, 0.717) is 30.0 Å². The van der Waals surface area contributed by atoms with Crippen molar-refractivity contribution in [3.63, 3.8) is 0 Å². The summed E-state index contributed by atoms with van der Waals surface area (Å²) in [6.45, 7) is 43.3. The maximum atomic E-state index is 12.8. The molecule has 342 valence electrons. The number of piperidine rings is 2. The molecule has 58 heavy (non-hydrogen) atoms. The molecular formula is C49H97FN6O2. The largest absolute Gasteiger partial charge is 0.373 e. The van der Waals surface area contributed by atoms with Crippen molar-refractivity contribution >= 4 is 5.91 Å². The number of ether oxygens (including phenoxy) is 1. The van der Waals surface area contributed by atoms with Crippen LogP contribution in [-0.4, -0.2) is 141 Å². The van der Waals surface area contributed by atoms with Gasteiger partial charge in [0, 0.05) is 90.0 Å². The maximum Gasteiger partial charge on any atom is 0.225 e. The van der Waals surface area contributed by atoms with Crippen LogP contribution in [0.4, 0.5) is 4.39 Å². The molecule has 3 unspecified atom stereocenters. The van der Waals surface area contributed by atoms with E-state index in [4.69, 9.17) is 4.74 Å². The average molecular weight is 821 g/mol. The molecule has 8 fully saturated rings. The van der Waals surface area contributed by atoms with Crippen LogP contribution in [0.25, 0.3) is 0 Å². The second kappa shape index (κ2) is 25.3. The molecule has 3 atom stereocenters. The third-order valence-electron chi connectivity index (χ3n) is 12.3. The lowest BCUT2D eigenvalue weighted by Crippen LogP contribution is -2.53. The Kier molecular flexibility index (Phi) is 22.5. The monoisotopic (exact) mass is 821 g/mol. The van der Waals surface area contributed by atoms with Gasteiger partial charge in [-0.15, -0.1) is 0 Å². The van der Waals surface area contributed by atoms with Crippen molar-refractivity contribution in [3.8, 4) is 0 Å². The van der Waals surface area contributed by atoms with Crippen molar-refractivity contribution in [1.29, 1.82) is 0 Å². The van der Waals surface area contributed by atoms with E-state index in [9.17, 15) is 9.18 Å². The lowest BCUT2D eigenvalue weighted by molar-refractivity contribution is -0.133. The summed E-state index contributed by atoms with van der Waals surface area (Å²) in [6, 6.07) is 0. The molecule has 4 saturated heterocycles. The van der Waals surface area contributed by atoms with E-state index in [1.165, 1.54) is 71.0 Å². The summed E-state index contributed by atoms with van der Waals surface area (Å²) in [4.78, 5) is 20.9. The smallest absolute Gasteiger partial charge is 0.225 e. The zero-order valence-corrected chi connectivity index (χ0v) is 40.5. The minimum absolute atomic E-state index is 0.0553. The molecule has 0 aromatic carbocycles. The average Bonchev–Trinajstić information content (AvgIpc) is 4.06. The number of alkyl halides is 1. The van der Waals surface area contributed by atoms with E-state index in [2.05, 4.69) is 108 Å². The summed E-state index contributed by atoms with van der Waals surface area (Å²) in [5.74, 6) is 8.08. The van der Waals surface area contributed by atoms with Gasteiger partial charge < -0.3 is 30.1 Å². The number of carbonyl (C=O) groups is 1. The second-order valence-electron chi connectivity index (χ2n) is 22.5. The Balaban J connectivity index is 0.000000196. The Morgan fingerprint density at radius 2 is 1.19 bits per heavy atom. The molecule has 9 heteroatoms. The first-order valence-corrected chi connectivity index (χ1v) is 24.4. The predicted molar refractivity (Wildman–Crippen MR) is 245 cm³/mol. The molecule has 8 rings (SSSR count). The van der Waals surface area contributed by atoms with Gasteiger partial charge in [0.1, 0.15) is 6.17 Å². The van der Waals surface area contributed by atoms with Crippen molar-refractivity contribution in [2.24, 2.45) is 47.3 Å². The van der Waals surface area contributed by atoms with Gasteiger partial charge in [0.15, 0.2) is 0 Å². The third-order valence-corrected chi connectivity index (χ3v) is 12.3. The molecule has 0 bridgehead atoms. The van der Waals surface area contributed by atoms with Gasteiger partial charge in [-0.1, -0.05) is 60.8 Å². The fraction of sp³-hybridized carbons (Fsp3) is 0.980. The number of hydrogen-bond donors (Lipinski definition) is 2. The summed E-state index contributed by atoms with van der Waals surface area (Å²) in [7, 11) is 0. The van der Waals surface area contributed by atoms with E-state index in [0.717, 1.165) is 100 Å². The highest BCUT2D eigenvalue weighted by Gasteiger charge is 2.56. The normalized spacial score (nSPS) is 27.4. The lowest BCUT2D eigenvalue weighted by Gasteiger charge is -2.42. The molecule has 1 amide bonds. The van der Waals surface area contributed by atoms with Crippen LogP contribution >= 0.6 is 0 Å². The fourth-order valence-electron chi connectivity index (χ4n) is 8.80. The molecule has 0 radical (unpaired) electrons. The van der Waals surface area contributed by atoms with Crippen LogP contribution in [0, 0.1) is 47.3 Å². The number of likely N-dealkylation sites (tertiary alicyclic amines) is 1. The third kappa shape index (κ3) is 21.8. The SMILES string of the molecule is C1CC(C2C3CNCC32)C1.CC(C)(C)N1CCN(CC2CC2)CC1.CC(C)C.CC(C)C.CC(F)CN1CCC(OC(C)(C)C)CC1.O=C(C1CC1)N1CCNCC1. The summed E-state index contributed by atoms with van der Waals surface area (Å²) in [6.07, 6.45) is 11.6. The van der Waals surface area contributed by atoms with Crippen LogP contribution in [0.15, 0.2) is 0 Å².